The summed E-state index contributed by atoms with van der Waals surface area (Å²) in [6.45, 7) is 11.5. The Morgan fingerprint density at radius 2 is 2.21 bits per heavy atom. The molecule has 0 aromatic carbocycles. The van der Waals surface area contributed by atoms with E-state index in [1.807, 2.05) is 11.3 Å². The Morgan fingerprint density at radius 3 is 2.74 bits per heavy atom. The smallest absolute Gasteiger partial charge is 0.0937 e. The van der Waals surface area contributed by atoms with Crippen molar-refractivity contribution in [2.45, 2.75) is 53.0 Å². The van der Waals surface area contributed by atoms with Crippen molar-refractivity contribution in [2.75, 3.05) is 19.8 Å². The van der Waals surface area contributed by atoms with Gasteiger partial charge in [0, 0.05) is 35.9 Å². The molecule has 0 amide bonds. The van der Waals surface area contributed by atoms with Gasteiger partial charge in [0.2, 0.25) is 0 Å². The molecule has 1 atom stereocenters. The van der Waals surface area contributed by atoms with Crippen LogP contribution in [0.15, 0.2) is 0 Å². The van der Waals surface area contributed by atoms with E-state index >= 15 is 0 Å². The van der Waals surface area contributed by atoms with Crippen LogP contribution in [0.1, 0.15) is 42.3 Å². The zero-order valence-corrected chi connectivity index (χ0v) is 13.4. The Labute approximate surface area is 120 Å². The van der Waals surface area contributed by atoms with Crippen LogP contribution in [-0.2, 0) is 11.2 Å². The van der Waals surface area contributed by atoms with Gasteiger partial charge in [-0.1, -0.05) is 13.8 Å². The number of thiazole rings is 1. The molecule has 0 spiro atoms. The van der Waals surface area contributed by atoms with Crippen LogP contribution in [0.5, 0.6) is 0 Å². The molecule has 1 aromatic heterocycles. The normalized spacial score (nSPS) is 24.1. The van der Waals surface area contributed by atoms with Crippen LogP contribution >= 0.6 is 11.3 Å². The molecule has 1 aliphatic heterocycles. The average Bonchev–Trinajstić information content (AvgIpc) is 2.67. The van der Waals surface area contributed by atoms with Crippen molar-refractivity contribution in [3.05, 3.63) is 15.6 Å². The van der Waals surface area contributed by atoms with E-state index in [0.29, 0.717) is 6.04 Å². The molecule has 0 aliphatic carbocycles. The summed E-state index contributed by atoms with van der Waals surface area (Å²) in [5.41, 5.74) is 1.42. The van der Waals surface area contributed by atoms with Gasteiger partial charge in [-0.05, 0) is 26.7 Å². The Bertz CT molecular complexity index is 389. The van der Waals surface area contributed by atoms with Crippen LogP contribution in [-0.4, -0.2) is 30.8 Å². The van der Waals surface area contributed by atoms with E-state index in [1.54, 1.807) is 0 Å². The molecule has 19 heavy (non-hydrogen) atoms. The Kier molecular flexibility index (Phi) is 4.98. The van der Waals surface area contributed by atoms with Gasteiger partial charge in [-0.25, -0.2) is 4.98 Å². The summed E-state index contributed by atoms with van der Waals surface area (Å²) in [6, 6.07) is 0.526. The molecule has 0 saturated carbocycles. The van der Waals surface area contributed by atoms with Crippen LogP contribution in [0.2, 0.25) is 0 Å². The van der Waals surface area contributed by atoms with Crippen molar-refractivity contribution in [1.82, 2.24) is 10.3 Å². The molecule has 1 saturated heterocycles. The number of nitrogens with zero attached hydrogens (tertiary/aromatic N) is 1. The van der Waals surface area contributed by atoms with E-state index < -0.39 is 0 Å². The van der Waals surface area contributed by atoms with Gasteiger partial charge in [0.1, 0.15) is 0 Å². The summed E-state index contributed by atoms with van der Waals surface area (Å²) in [5, 5.41) is 4.86. The third kappa shape index (κ3) is 4.01. The summed E-state index contributed by atoms with van der Waals surface area (Å²) in [4.78, 5) is 6.06. The van der Waals surface area contributed by atoms with Gasteiger partial charge >= 0.3 is 0 Å². The molecular weight excluding hydrogens is 256 g/mol. The van der Waals surface area contributed by atoms with Gasteiger partial charge in [-0.3, -0.25) is 0 Å². The highest BCUT2D eigenvalue weighted by atomic mass is 32.1. The minimum Gasteiger partial charge on any atom is -0.381 e. The lowest BCUT2D eigenvalue weighted by Gasteiger charge is -2.37. The van der Waals surface area contributed by atoms with Crippen molar-refractivity contribution in [3.8, 4) is 0 Å². The first-order valence-electron chi connectivity index (χ1n) is 7.25. The predicted molar refractivity (Wildman–Crippen MR) is 80.9 cm³/mol. The van der Waals surface area contributed by atoms with Crippen LogP contribution in [0, 0.1) is 19.3 Å². The van der Waals surface area contributed by atoms with Crippen LogP contribution in [0.3, 0.4) is 0 Å². The maximum Gasteiger partial charge on any atom is 0.0937 e. The number of ether oxygens (including phenoxy) is 1. The molecule has 2 heterocycles. The summed E-state index contributed by atoms with van der Waals surface area (Å²) in [6.07, 6.45) is 3.46. The standard InChI is InChI=1S/C15H26N2OS/c1-11(2)16-9-15(6-5-7-18-10-15)8-14-17-12(3)13(4)19-14/h11,16H,5-10H2,1-4H3. The summed E-state index contributed by atoms with van der Waals surface area (Å²) in [7, 11) is 0. The lowest BCUT2D eigenvalue weighted by atomic mass is 9.79. The minimum atomic E-state index is 0.235. The molecule has 0 radical (unpaired) electrons. The second kappa shape index (κ2) is 6.33. The lowest BCUT2D eigenvalue weighted by molar-refractivity contribution is -0.00805. The highest BCUT2D eigenvalue weighted by molar-refractivity contribution is 7.11. The molecule has 1 fully saturated rings. The Hall–Kier alpha value is -0.450. The second-order valence-corrected chi connectivity index (χ2v) is 7.41. The zero-order valence-electron chi connectivity index (χ0n) is 12.6. The van der Waals surface area contributed by atoms with Gasteiger partial charge in [0.15, 0.2) is 0 Å². The Morgan fingerprint density at radius 1 is 1.42 bits per heavy atom. The van der Waals surface area contributed by atoms with Crippen molar-refractivity contribution in [2.24, 2.45) is 5.41 Å². The predicted octanol–water partition coefficient (Wildman–Crippen LogP) is 3.10. The molecule has 0 bridgehead atoms. The number of aromatic nitrogens is 1. The quantitative estimate of drug-likeness (QED) is 0.901. The van der Waals surface area contributed by atoms with E-state index in [-0.39, 0.29) is 5.41 Å². The number of aryl methyl sites for hydroxylation is 2. The zero-order chi connectivity index (χ0) is 13.9. The fourth-order valence-corrected chi connectivity index (χ4v) is 3.72. The fourth-order valence-electron chi connectivity index (χ4n) is 2.61. The molecule has 1 aromatic rings. The van der Waals surface area contributed by atoms with Crippen molar-refractivity contribution < 1.29 is 4.74 Å². The van der Waals surface area contributed by atoms with Crippen molar-refractivity contribution >= 4 is 11.3 Å². The fraction of sp³-hybridized carbons (Fsp3) is 0.800. The van der Waals surface area contributed by atoms with Gasteiger partial charge in [0.05, 0.1) is 17.3 Å². The third-order valence-corrected chi connectivity index (χ3v) is 4.96. The third-order valence-electron chi connectivity index (χ3n) is 3.89. The monoisotopic (exact) mass is 282 g/mol. The molecule has 1 unspecified atom stereocenters. The van der Waals surface area contributed by atoms with Gasteiger partial charge < -0.3 is 10.1 Å². The molecule has 3 nitrogen and oxygen atoms in total. The summed E-state index contributed by atoms with van der Waals surface area (Å²) in [5.74, 6) is 0. The van der Waals surface area contributed by atoms with Crippen molar-refractivity contribution in [1.29, 1.82) is 0 Å². The first kappa shape index (κ1) is 14.9. The molecule has 2 rings (SSSR count). The molecule has 108 valence electrons. The minimum absolute atomic E-state index is 0.235. The maximum absolute atomic E-state index is 5.76. The van der Waals surface area contributed by atoms with E-state index in [0.717, 1.165) is 26.2 Å². The molecule has 1 aliphatic rings. The highest BCUT2D eigenvalue weighted by Crippen LogP contribution is 2.34. The SMILES string of the molecule is Cc1nc(CC2(CNC(C)C)CCCOC2)sc1C. The molecular formula is C15H26N2OS. The van der Waals surface area contributed by atoms with E-state index in [1.165, 1.54) is 28.4 Å². The summed E-state index contributed by atoms with van der Waals surface area (Å²) < 4.78 is 5.76. The number of hydrogen-bond acceptors (Lipinski definition) is 4. The number of hydrogen-bond donors (Lipinski definition) is 1. The molecule has 1 N–H and O–H groups in total. The van der Waals surface area contributed by atoms with E-state index in [9.17, 15) is 0 Å². The maximum atomic E-state index is 5.76. The van der Waals surface area contributed by atoms with Gasteiger partial charge in [0.25, 0.3) is 0 Å². The van der Waals surface area contributed by atoms with Crippen molar-refractivity contribution in [3.63, 3.8) is 0 Å². The number of nitrogens with one attached hydrogen (secondary N) is 1. The summed E-state index contributed by atoms with van der Waals surface area (Å²) >= 11 is 1.85. The average molecular weight is 282 g/mol. The first-order valence-corrected chi connectivity index (χ1v) is 8.06. The van der Waals surface area contributed by atoms with E-state index in [4.69, 9.17) is 9.72 Å². The Balaban J connectivity index is 2.08. The lowest BCUT2D eigenvalue weighted by Crippen LogP contribution is -2.44. The first-order chi connectivity index (χ1) is 9.01. The molecule has 4 heteroatoms. The van der Waals surface area contributed by atoms with E-state index in [2.05, 4.69) is 33.0 Å². The van der Waals surface area contributed by atoms with Gasteiger partial charge in [-0.15, -0.1) is 11.3 Å². The van der Waals surface area contributed by atoms with Crippen LogP contribution in [0.25, 0.3) is 0 Å². The van der Waals surface area contributed by atoms with Crippen LogP contribution in [0.4, 0.5) is 0 Å². The second-order valence-electron chi connectivity index (χ2n) is 6.12. The van der Waals surface area contributed by atoms with Gasteiger partial charge in [-0.2, -0.15) is 0 Å². The largest absolute Gasteiger partial charge is 0.381 e. The number of rotatable bonds is 5. The highest BCUT2D eigenvalue weighted by Gasteiger charge is 2.34. The van der Waals surface area contributed by atoms with Crippen LogP contribution < -0.4 is 5.32 Å². The topological polar surface area (TPSA) is 34.2 Å².